The fraction of sp³-hybridized carbons (Fsp3) is 0.362. The molecule has 49 heavy (non-hydrogen) atoms. The van der Waals surface area contributed by atoms with Crippen LogP contribution in [0.15, 0.2) is 114 Å². The second-order valence-electron chi connectivity index (χ2n) is 14.5. The van der Waals surface area contributed by atoms with Gasteiger partial charge in [-0.2, -0.15) is 0 Å². The molecule has 0 amide bonds. The molecule has 0 radical (unpaired) electrons. The predicted molar refractivity (Wildman–Crippen MR) is 216 cm³/mol. The number of hydrogen-bond donors (Lipinski definition) is 0. The number of aromatic nitrogens is 1. The van der Waals surface area contributed by atoms with Crippen LogP contribution >= 0.6 is 15.9 Å². The standard InChI is InChI=1S/C47H52BrN/c1-3-5-7-9-11-17-31-47(32-18-12-10-8-6-4-2)43-33-36(25-29-39(43)40-30-26-37(48)34-44(40)47)35-23-27-38(28-24-35)49-45-21-15-13-19-41(45)42-20-14-16-22-46(42)49/h13-16,19-30,33-34H,3-12,17-18,31-32H2,1-2H3. The second kappa shape index (κ2) is 15.5. The predicted octanol–water partition coefficient (Wildman–Crippen LogP) is 15.0. The summed E-state index contributed by atoms with van der Waals surface area (Å²) in [6.07, 6.45) is 18.5. The smallest absolute Gasteiger partial charge is 0.0541 e. The molecular formula is C47H52BrN. The van der Waals surface area contributed by atoms with Crippen LogP contribution < -0.4 is 0 Å². The molecule has 1 aliphatic carbocycles. The van der Waals surface area contributed by atoms with E-state index in [1.807, 2.05) is 0 Å². The first-order valence-electron chi connectivity index (χ1n) is 19.2. The minimum atomic E-state index is 0.0723. The van der Waals surface area contributed by atoms with Crippen molar-refractivity contribution in [2.75, 3.05) is 0 Å². The highest BCUT2D eigenvalue weighted by Crippen LogP contribution is 2.55. The summed E-state index contributed by atoms with van der Waals surface area (Å²) >= 11 is 3.88. The number of hydrogen-bond acceptors (Lipinski definition) is 0. The molecule has 0 unspecified atom stereocenters. The molecule has 5 aromatic carbocycles. The molecule has 0 spiro atoms. The fourth-order valence-electron chi connectivity index (χ4n) is 8.73. The Hall–Kier alpha value is -3.62. The van der Waals surface area contributed by atoms with Crippen LogP contribution in [-0.2, 0) is 5.41 Å². The van der Waals surface area contributed by atoms with Crippen molar-refractivity contribution < 1.29 is 0 Å². The molecule has 1 heterocycles. The lowest BCUT2D eigenvalue weighted by atomic mass is 9.70. The van der Waals surface area contributed by atoms with Crippen molar-refractivity contribution in [1.29, 1.82) is 0 Å². The Bertz CT molecular complexity index is 1940. The van der Waals surface area contributed by atoms with Gasteiger partial charge < -0.3 is 4.57 Å². The number of unbranched alkanes of at least 4 members (excludes halogenated alkanes) is 10. The first kappa shape index (κ1) is 33.9. The number of rotatable bonds is 16. The normalized spacial score (nSPS) is 13.3. The van der Waals surface area contributed by atoms with Gasteiger partial charge in [0.2, 0.25) is 0 Å². The maximum atomic E-state index is 3.88. The molecule has 1 nitrogen and oxygen atoms in total. The van der Waals surface area contributed by atoms with E-state index in [2.05, 4.69) is 144 Å². The Morgan fingerprint density at radius 3 is 1.57 bits per heavy atom. The van der Waals surface area contributed by atoms with Gasteiger partial charge in [-0.3, -0.25) is 0 Å². The quantitative estimate of drug-likeness (QED) is 0.0882. The Labute approximate surface area is 302 Å². The second-order valence-corrected chi connectivity index (χ2v) is 15.4. The van der Waals surface area contributed by atoms with Crippen molar-refractivity contribution in [3.8, 4) is 27.9 Å². The van der Waals surface area contributed by atoms with Gasteiger partial charge in [0.25, 0.3) is 0 Å². The van der Waals surface area contributed by atoms with Gasteiger partial charge in [-0.15, -0.1) is 0 Å². The Balaban J connectivity index is 1.24. The highest BCUT2D eigenvalue weighted by Gasteiger charge is 2.42. The third-order valence-electron chi connectivity index (χ3n) is 11.3. The van der Waals surface area contributed by atoms with Crippen molar-refractivity contribution in [3.63, 3.8) is 0 Å². The summed E-state index contributed by atoms with van der Waals surface area (Å²) in [5, 5.41) is 2.61. The Kier molecular flexibility index (Phi) is 10.7. The maximum absolute atomic E-state index is 3.88. The first-order valence-corrected chi connectivity index (χ1v) is 20.0. The number of halogens is 1. The summed E-state index contributed by atoms with van der Waals surface area (Å²) < 4.78 is 3.62. The van der Waals surface area contributed by atoms with E-state index >= 15 is 0 Å². The number of fused-ring (bicyclic) bond motifs is 6. The van der Waals surface area contributed by atoms with E-state index in [-0.39, 0.29) is 5.41 Å². The van der Waals surface area contributed by atoms with E-state index < -0.39 is 0 Å². The first-order chi connectivity index (χ1) is 24.1. The highest BCUT2D eigenvalue weighted by atomic mass is 79.9. The van der Waals surface area contributed by atoms with Crippen LogP contribution in [0.5, 0.6) is 0 Å². The van der Waals surface area contributed by atoms with Crippen LogP contribution in [0.25, 0.3) is 49.7 Å². The Morgan fingerprint density at radius 1 is 0.490 bits per heavy atom. The van der Waals surface area contributed by atoms with E-state index in [9.17, 15) is 0 Å². The molecule has 0 aliphatic heterocycles. The van der Waals surface area contributed by atoms with Crippen LogP contribution in [-0.4, -0.2) is 4.57 Å². The van der Waals surface area contributed by atoms with Crippen LogP contribution in [0, 0.1) is 0 Å². The molecule has 0 bridgehead atoms. The maximum Gasteiger partial charge on any atom is 0.0541 e. The van der Waals surface area contributed by atoms with Crippen molar-refractivity contribution in [2.24, 2.45) is 0 Å². The topological polar surface area (TPSA) is 4.93 Å². The molecule has 2 heteroatoms. The van der Waals surface area contributed by atoms with Gasteiger partial charge in [0.15, 0.2) is 0 Å². The number of benzene rings is 5. The van der Waals surface area contributed by atoms with Crippen molar-refractivity contribution >= 4 is 37.7 Å². The third-order valence-corrected chi connectivity index (χ3v) is 11.8. The molecule has 6 aromatic rings. The van der Waals surface area contributed by atoms with E-state index in [0.717, 1.165) is 0 Å². The zero-order chi connectivity index (χ0) is 33.6. The van der Waals surface area contributed by atoms with Gasteiger partial charge in [0.05, 0.1) is 11.0 Å². The third kappa shape index (κ3) is 6.79. The van der Waals surface area contributed by atoms with Crippen LogP contribution in [0.3, 0.4) is 0 Å². The molecule has 1 aliphatic rings. The van der Waals surface area contributed by atoms with Gasteiger partial charge in [-0.1, -0.05) is 174 Å². The summed E-state index contributed by atoms with van der Waals surface area (Å²) in [5.74, 6) is 0. The number of para-hydroxylation sites is 2. The molecule has 1 aromatic heterocycles. The largest absolute Gasteiger partial charge is 0.309 e. The summed E-state index contributed by atoms with van der Waals surface area (Å²) in [6.45, 7) is 4.63. The van der Waals surface area contributed by atoms with Crippen molar-refractivity contribution in [1.82, 2.24) is 4.57 Å². The lowest BCUT2D eigenvalue weighted by Gasteiger charge is -2.33. The van der Waals surface area contributed by atoms with E-state index in [0.29, 0.717) is 0 Å². The average Bonchev–Trinajstić information content (AvgIpc) is 3.61. The van der Waals surface area contributed by atoms with E-state index in [4.69, 9.17) is 0 Å². The van der Waals surface area contributed by atoms with Gasteiger partial charge >= 0.3 is 0 Å². The van der Waals surface area contributed by atoms with Gasteiger partial charge in [-0.05, 0) is 88.7 Å². The molecule has 0 N–H and O–H groups in total. The lowest BCUT2D eigenvalue weighted by Crippen LogP contribution is -2.25. The lowest BCUT2D eigenvalue weighted by molar-refractivity contribution is 0.398. The molecule has 7 rings (SSSR count). The highest BCUT2D eigenvalue weighted by molar-refractivity contribution is 9.10. The summed E-state index contributed by atoms with van der Waals surface area (Å²) in [4.78, 5) is 0. The molecule has 252 valence electrons. The number of nitrogens with zero attached hydrogens (tertiary/aromatic N) is 1. The molecule has 0 saturated heterocycles. The summed E-state index contributed by atoms with van der Waals surface area (Å²) in [7, 11) is 0. The van der Waals surface area contributed by atoms with Crippen molar-refractivity contribution in [2.45, 2.75) is 109 Å². The zero-order valence-corrected chi connectivity index (χ0v) is 31.2. The minimum Gasteiger partial charge on any atom is -0.309 e. The van der Waals surface area contributed by atoms with E-state index in [1.165, 1.54) is 144 Å². The molecule has 0 saturated carbocycles. The van der Waals surface area contributed by atoms with Crippen LogP contribution in [0.2, 0.25) is 0 Å². The van der Waals surface area contributed by atoms with E-state index in [1.54, 1.807) is 11.1 Å². The van der Waals surface area contributed by atoms with Crippen LogP contribution in [0.4, 0.5) is 0 Å². The Morgan fingerprint density at radius 2 is 0.980 bits per heavy atom. The zero-order valence-electron chi connectivity index (χ0n) is 29.6. The summed E-state index contributed by atoms with van der Waals surface area (Å²) in [6, 6.07) is 41.3. The minimum absolute atomic E-state index is 0.0723. The van der Waals surface area contributed by atoms with Gasteiger partial charge in [-0.25, -0.2) is 0 Å². The monoisotopic (exact) mass is 709 g/mol. The average molecular weight is 711 g/mol. The van der Waals surface area contributed by atoms with Crippen LogP contribution in [0.1, 0.15) is 115 Å². The van der Waals surface area contributed by atoms with Gasteiger partial charge in [0, 0.05) is 26.3 Å². The molecule has 0 fully saturated rings. The summed E-state index contributed by atoms with van der Waals surface area (Å²) in [5.41, 5.74) is 12.4. The molecular weight excluding hydrogens is 658 g/mol. The molecule has 0 atom stereocenters. The SMILES string of the molecule is CCCCCCCCC1(CCCCCCCC)c2cc(Br)ccc2-c2ccc(-c3ccc(-n4c5ccccc5c5ccccc54)cc3)cc21. The van der Waals surface area contributed by atoms with Gasteiger partial charge in [0.1, 0.15) is 0 Å². The van der Waals surface area contributed by atoms with Crippen molar-refractivity contribution in [3.05, 3.63) is 125 Å². The fourth-order valence-corrected chi connectivity index (χ4v) is 9.09.